The number of rotatable bonds is 7. The molecular weight excluding hydrogens is 394 g/mol. The summed E-state index contributed by atoms with van der Waals surface area (Å²) in [7, 11) is 1.67. The summed E-state index contributed by atoms with van der Waals surface area (Å²) in [5.74, 6) is 0.873. The molecule has 1 aliphatic rings. The van der Waals surface area contributed by atoms with E-state index in [1.54, 1.807) is 31.2 Å². The Morgan fingerprint density at radius 1 is 1.13 bits per heavy atom. The second-order valence-corrected chi connectivity index (χ2v) is 7.27. The van der Waals surface area contributed by atoms with Crippen molar-refractivity contribution in [3.05, 3.63) is 59.2 Å². The third kappa shape index (κ3) is 5.84. The van der Waals surface area contributed by atoms with Gasteiger partial charge in [-0.25, -0.2) is 9.80 Å². The van der Waals surface area contributed by atoms with Gasteiger partial charge in [-0.05, 0) is 73.2 Å². The van der Waals surface area contributed by atoms with Gasteiger partial charge >= 0.3 is 6.09 Å². The van der Waals surface area contributed by atoms with E-state index in [0.29, 0.717) is 25.3 Å². The summed E-state index contributed by atoms with van der Waals surface area (Å²) in [5.41, 5.74) is 4.61. The van der Waals surface area contributed by atoms with Gasteiger partial charge in [0.2, 0.25) is 5.91 Å². The lowest BCUT2D eigenvalue weighted by Crippen LogP contribution is -2.25. The van der Waals surface area contributed by atoms with E-state index in [4.69, 9.17) is 14.6 Å². The molecule has 7 heteroatoms. The Morgan fingerprint density at radius 3 is 2.58 bits per heavy atom. The molecule has 0 radical (unpaired) electrons. The maximum absolute atomic E-state index is 12.6. The van der Waals surface area contributed by atoms with Gasteiger partial charge in [0.25, 0.3) is 0 Å². The Kier molecular flexibility index (Phi) is 7.65. The van der Waals surface area contributed by atoms with E-state index >= 15 is 0 Å². The van der Waals surface area contributed by atoms with E-state index in [2.05, 4.69) is 18.3 Å². The molecule has 164 valence electrons. The number of aryl methyl sites for hydroxylation is 1. The molecule has 0 unspecified atom stereocenters. The number of hydrogen-bond acceptors (Lipinski definition) is 5. The van der Waals surface area contributed by atoms with E-state index in [9.17, 15) is 9.59 Å². The molecule has 3 rings (SSSR count). The Labute approximate surface area is 183 Å². The van der Waals surface area contributed by atoms with Crippen molar-refractivity contribution in [2.24, 2.45) is 5.10 Å². The van der Waals surface area contributed by atoms with Crippen LogP contribution in [0.1, 0.15) is 49.8 Å². The number of amides is 2. The quantitative estimate of drug-likeness (QED) is 0.697. The number of hydrazone groups is 1. The van der Waals surface area contributed by atoms with Crippen LogP contribution >= 0.6 is 0 Å². The molecule has 1 N–H and O–H groups in total. The van der Waals surface area contributed by atoms with E-state index in [1.165, 1.54) is 0 Å². The van der Waals surface area contributed by atoms with Crippen molar-refractivity contribution >= 4 is 23.4 Å². The van der Waals surface area contributed by atoms with Crippen molar-refractivity contribution in [1.82, 2.24) is 5.01 Å². The standard InChI is InChI=1S/C24H29N3O4/c1-4-18-15-19(11-14-22(18)30-3)21-7-6-8-23(28)27(26-21)16-17-9-12-20(13-10-17)25-24(29)31-5-2/h9-15H,4-8,16H2,1-3H3,(H,25,29). The maximum atomic E-state index is 12.6. The van der Waals surface area contributed by atoms with Gasteiger partial charge < -0.3 is 9.47 Å². The predicted octanol–water partition coefficient (Wildman–Crippen LogP) is 4.74. The second kappa shape index (κ2) is 10.6. The summed E-state index contributed by atoms with van der Waals surface area (Å²) >= 11 is 0. The Morgan fingerprint density at radius 2 is 1.90 bits per heavy atom. The smallest absolute Gasteiger partial charge is 0.411 e. The lowest BCUT2D eigenvalue weighted by molar-refractivity contribution is -0.131. The van der Waals surface area contributed by atoms with Crippen LogP contribution < -0.4 is 10.1 Å². The molecule has 0 fully saturated rings. The zero-order valence-electron chi connectivity index (χ0n) is 18.3. The SMILES string of the molecule is CCOC(=O)Nc1ccc(CN2N=C(c3ccc(OC)c(CC)c3)CCCC2=O)cc1. The number of ether oxygens (including phenoxy) is 2. The monoisotopic (exact) mass is 423 g/mol. The molecular formula is C24H29N3O4. The first kappa shape index (κ1) is 22.3. The Hall–Kier alpha value is -3.35. The second-order valence-electron chi connectivity index (χ2n) is 7.27. The third-order valence-corrected chi connectivity index (χ3v) is 5.14. The average Bonchev–Trinajstić information content (AvgIpc) is 2.96. The zero-order valence-corrected chi connectivity index (χ0v) is 18.3. The van der Waals surface area contributed by atoms with E-state index < -0.39 is 6.09 Å². The summed E-state index contributed by atoms with van der Waals surface area (Å²) in [4.78, 5) is 24.2. The predicted molar refractivity (Wildman–Crippen MR) is 120 cm³/mol. The van der Waals surface area contributed by atoms with Gasteiger partial charge in [-0.15, -0.1) is 0 Å². The summed E-state index contributed by atoms with van der Waals surface area (Å²) < 4.78 is 10.3. The van der Waals surface area contributed by atoms with Crippen LogP contribution in [0, 0.1) is 0 Å². The largest absolute Gasteiger partial charge is 0.496 e. The number of carbonyl (C=O) groups excluding carboxylic acids is 2. The van der Waals surface area contributed by atoms with Gasteiger partial charge in [-0.2, -0.15) is 5.10 Å². The third-order valence-electron chi connectivity index (χ3n) is 5.14. The van der Waals surface area contributed by atoms with Crippen LogP contribution in [0.25, 0.3) is 0 Å². The van der Waals surface area contributed by atoms with Crippen molar-refractivity contribution in [3.8, 4) is 5.75 Å². The molecule has 1 aliphatic heterocycles. The molecule has 0 saturated carbocycles. The minimum atomic E-state index is -0.488. The first-order valence-corrected chi connectivity index (χ1v) is 10.6. The maximum Gasteiger partial charge on any atom is 0.411 e. The fourth-order valence-corrected chi connectivity index (χ4v) is 3.50. The van der Waals surface area contributed by atoms with Crippen molar-refractivity contribution < 1.29 is 19.1 Å². The molecule has 0 bridgehead atoms. The van der Waals surface area contributed by atoms with Crippen LogP contribution in [-0.2, 0) is 22.5 Å². The molecule has 0 saturated heterocycles. The summed E-state index contributed by atoms with van der Waals surface area (Å²) in [6, 6.07) is 13.4. The fraction of sp³-hybridized carbons (Fsp3) is 0.375. The molecule has 7 nitrogen and oxygen atoms in total. The lowest BCUT2D eigenvalue weighted by Gasteiger charge is -2.17. The molecule has 0 aromatic heterocycles. The number of benzene rings is 2. The van der Waals surface area contributed by atoms with Crippen LogP contribution in [0.15, 0.2) is 47.6 Å². The number of methoxy groups -OCH3 is 1. The molecule has 2 amide bonds. The number of nitrogens with one attached hydrogen (secondary N) is 1. The van der Waals surface area contributed by atoms with Crippen LogP contribution in [-0.4, -0.2) is 36.4 Å². The molecule has 0 atom stereocenters. The van der Waals surface area contributed by atoms with Gasteiger partial charge in [0, 0.05) is 12.1 Å². The minimum Gasteiger partial charge on any atom is -0.496 e. The molecule has 0 aliphatic carbocycles. The number of nitrogens with zero attached hydrogens (tertiary/aromatic N) is 2. The topological polar surface area (TPSA) is 80.2 Å². The van der Waals surface area contributed by atoms with E-state index in [-0.39, 0.29) is 5.91 Å². The average molecular weight is 424 g/mol. The highest BCUT2D eigenvalue weighted by molar-refractivity contribution is 6.02. The van der Waals surface area contributed by atoms with Crippen molar-refractivity contribution in [2.75, 3.05) is 19.0 Å². The van der Waals surface area contributed by atoms with Gasteiger partial charge in [0.1, 0.15) is 5.75 Å². The van der Waals surface area contributed by atoms with Crippen molar-refractivity contribution in [3.63, 3.8) is 0 Å². The zero-order chi connectivity index (χ0) is 22.2. The summed E-state index contributed by atoms with van der Waals surface area (Å²) in [6.07, 6.45) is 2.35. The fourth-order valence-electron chi connectivity index (χ4n) is 3.50. The van der Waals surface area contributed by atoms with Crippen LogP contribution in [0.2, 0.25) is 0 Å². The summed E-state index contributed by atoms with van der Waals surface area (Å²) in [5, 5.41) is 8.93. The lowest BCUT2D eigenvalue weighted by atomic mass is 10.0. The molecule has 1 heterocycles. The van der Waals surface area contributed by atoms with Gasteiger partial charge in [-0.1, -0.05) is 19.1 Å². The highest BCUT2D eigenvalue weighted by Crippen LogP contribution is 2.24. The highest BCUT2D eigenvalue weighted by atomic mass is 16.5. The van der Waals surface area contributed by atoms with Crippen LogP contribution in [0.4, 0.5) is 10.5 Å². The van der Waals surface area contributed by atoms with E-state index in [0.717, 1.165) is 47.4 Å². The van der Waals surface area contributed by atoms with Crippen LogP contribution in [0.5, 0.6) is 5.75 Å². The van der Waals surface area contributed by atoms with Crippen molar-refractivity contribution in [1.29, 1.82) is 0 Å². The number of hydrogen-bond donors (Lipinski definition) is 1. The van der Waals surface area contributed by atoms with Gasteiger partial charge in [0.15, 0.2) is 0 Å². The Bertz CT molecular complexity index is 954. The Balaban J connectivity index is 1.78. The molecule has 2 aromatic rings. The minimum absolute atomic E-state index is 0.00736. The molecule has 0 spiro atoms. The van der Waals surface area contributed by atoms with Gasteiger partial charge in [0.05, 0.1) is 26.0 Å². The normalized spacial score (nSPS) is 14.0. The summed E-state index contributed by atoms with van der Waals surface area (Å²) in [6.45, 7) is 4.53. The highest BCUT2D eigenvalue weighted by Gasteiger charge is 2.20. The van der Waals surface area contributed by atoms with Crippen LogP contribution in [0.3, 0.4) is 0 Å². The number of anilines is 1. The van der Waals surface area contributed by atoms with Gasteiger partial charge in [-0.3, -0.25) is 10.1 Å². The van der Waals surface area contributed by atoms with E-state index in [1.807, 2.05) is 24.3 Å². The molecule has 2 aromatic carbocycles. The van der Waals surface area contributed by atoms with Crippen molar-refractivity contribution in [2.45, 2.75) is 46.1 Å². The first-order valence-electron chi connectivity index (χ1n) is 10.6. The first-order chi connectivity index (χ1) is 15.0. The number of carbonyl (C=O) groups is 2. The molecule has 31 heavy (non-hydrogen) atoms.